The van der Waals surface area contributed by atoms with Crippen LogP contribution in [-0.4, -0.2) is 18.4 Å². The molecule has 0 bridgehead atoms. The van der Waals surface area contributed by atoms with E-state index in [0.717, 1.165) is 6.21 Å². The van der Waals surface area contributed by atoms with Crippen LogP contribution in [0.3, 0.4) is 0 Å². The number of hydrogen-bond donors (Lipinski definition) is 2. The molecule has 0 unspecified atom stereocenters. The monoisotopic (exact) mass is 193 g/mol. The van der Waals surface area contributed by atoms with Gasteiger partial charge >= 0.3 is 0 Å². The maximum atomic E-state index is 9.23. The lowest BCUT2D eigenvalue weighted by atomic mass is 10.3. The molecule has 0 aromatic rings. The standard InChI is InChI=1S/C11H15NO2/c1-3-4-6-10(13)7-5-8-11(9-12)14-2/h3-9,12-13H,1-2H3/b4-3+,7-5+,10-6+,11-8-,12-9?. The van der Waals surface area contributed by atoms with Gasteiger partial charge in [-0.1, -0.05) is 18.2 Å². The zero-order valence-corrected chi connectivity index (χ0v) is 8.40. The highest BCUT2D eigenvalue weighted by atomic mass is 16.5. The van der Waals surface area contributed by atoms with Crippen molar-refractivity contribution in [1.29, 1.82) is 5.41 Å². The maximum absolute atomic E-state index is 9.23. The molecule has 0 atom stereocenters. The van der Waals surface area contributed by atoms with Gasteiger partial charge in [-0.05, 0) is 25.2 Å². The molecule has 2 N–H and O–H groups in total. The zero-order chi connectivity index (χ0) is 10.8. The molecule has 0 radical (unpaired) electrons. The highest BCUT2D eigenvalue weighted by Gasteiger charge is 1.85. The van der Waals surface area contributed by atoms with Crippen LogP contribution in [0.15, 0.2) is 48.0 Å². The van der Waals surface area contributed by atoms with E-state index in [1.165, 1.54) is 13.2 Å². The van der Waals surface area contributed by atoms with Gasteiger partial charge in [0.05, 0.1) is 13.3 Å². The molecule has 0 aliphatic rings. The molecule has 0 rings (SSSR count). The Hall–Kier alpha value is -1.77. The topological polar surface area (TPSA) is 53.3 Å². The summed E-state index contributed by atoms with van der Waals surface area (Å²) in [6, 6.07) is 0. The fourth-order valence-corrected chi connectivity index (χ4v) is 0.667. The number of aliphatic hydroxyl groups is 1. The van der Waals surface area contributed by atoms with Crippen LogP contribution in [0.5, 0.6) is 0 Å². The highest BCUT2D eigenvalue weighted by Crippen LogP contribution is 1.95. The minimum absolute atomic E-state index is 0.153. The Morgan fingerprint density at radius 3 is 2.50 bits per heavy atom. The Morgan fingerprint density at radius 2 is 2.00 bits per heavy atom. The molecule has 0 fully saturated rings. The number of allylic oxidation sites excluding steroid dienone is 7. The van der Waals surface area contributed by atoms with E-state index in [1.54, 1.807) is 24.3 Å². The number of aliphatic hydroxyl groups excluding tert-OH is 1. The van der Waals surface area contributed by atoms with Crippen LogP contribution in [0.1, 0.15) is 6.92 Å². The normalized spacial score (nSPS) is 13.9. The fraction of sp³-hybridized carbons (Fsp3) is 0.182. The first-order valence-corrected chi connectivity index (χ1v) is 4.19. The van der Waals surface area contributed by atoms with Crippen LogP contribution in [-0.2, 0) is 4.74 Å². The van der Waals surface area contributed by atoms with Crippen molar-refractivity contribution in [2.75, 3.05) is 7.11 Å². The Kier molecular flexibility index (Phi) is 6.86. The summed E-state index contributed by atoms with van der Waals surface area (Å²) in [5.74, 6) is 0.583. The molecule has 0 aromatic heterocycles. The van der Waals surface area contributed by atoms with E-state index >= 15 is 0 Å². The van der Waals surface area contributed by atoms with Crippen molar-refractivity contribution in [1.82, 2.24) is 0 Å². The van der Waals surface area contributed by atoms with Gasteiger partial charge in [-0.2, -0.15) is 0 Å². The first-order chi connectivity index (χ1) is 6.74. The molecular formula is C11H15NO2. The lowest BCUT2D eigenvalue weighted by Gasteiger charge is -1.94. The third-order valence-electron chi connectivity index (χ3n) is 1.36. The fourth-order valence-electron chi connectivity index (χ4n) is 0.667. The Labute approximate surface area is 84.2 Å². The molecular weight excluding hydrogens is 178 g/mol. The lowest BCUT2D eigenvalue weighted by molar-refractivity contribution is 0.317. The average Bonchev–Trinajstić information content (AvgIpc) is 2.21. The molecule has 0 aliphatic carbocycles. The van der Waals surface area contributed by atoms with Gasteiger partial charge in [0.1, 0.15) is 11.5 Å². The molecule has 3 heteroatoms. The summed E-state index contributed by atoms with van der Waals surface area (Å²) < 4.78 is 4.81. The summed E-state index contributed by atoms with van der Waals surface area (Å²) in [5, 5.41) is 16.2. The van der Waals surface area contributed by atoms with Crippen LogP contribution < -0.4 is 0 Å². The van der Waals surface area contributed by atoms with E-state index in [1.807, 2.05) is 13.0 Å². The largest absolute Gasteiger partial charge is 0.508 e. The SMILES string of the molecule is C/C=C/C=C(O)\C=C\C=C(\C=N)OC. The molecule has 76 valence electrons. The Balaban J connectivity index is 4.30. The summed E-state index contributed by atoms with van der Waals surface area (Å²) in [5.41, 5.74) is 0. The van der Waals surface area contributed by atoms with Crippen molar-refractivity contribution in [3.63, 3.8) is 0 Å². The van der Waals surface area contributed by atoms with Gasteiger partial charge < -0.3 is 15.3 Å². The predicted molar refractivity (Wildman–Crippen MR) is 58.5 cm³/mol. The first kappa shape index (κ1) is 12.2. The highest BCUT2D eigenvalue weighted by molar-refractivity contribution is 5.73. The molecule has 3 nitrogen and oxygen atoms in total. The molecule has 0 saturated carbocycles. The molecule has 0 aliphatic heterocycles. The molecule has 14 heavy (non-hydrogen) atoms. The molecule has 0 spiro atoms. The van der Waals surface area contributed by atoms with Crippen molar-refractivity contribution >= 4 is 6.21 Å². The lowest BCUT2D eigenvalue weighted by Crippen LogP contribution is -1.84. The smallest absolute Gasteiger partial charge is 0.136 e. The van der Waals surface area contributed by atoms with Crippen LogP contribution in [0, 0.1) is 5.41 Å². The predicted octanol–water partition coefficient (Wildman–Crippen LogP) is 2.74. The summed E-state index contributed by atoms with van der Waals surface area (Å²) in [4.78, 5) is 0. The van der Waals surface area contributed by atoms with Gasteiger partial charge in [0.25, 0.3) is 0 Å². The number of nitrogens with one attached hydrogen (secondary N) is 1. The van der Waals surface area contributed by atoms with Crippen LogP contribution in [0.25, 0.3) is 0 Å². The van der Waals surface area contributed by atoms with Crippen LogP contribution in [0.2, 0.25) is 0 Å². The van der Waals surface area contributed by atoms with Crippen molar-refractivity contribution < 1.29 is 9.84 Å². The minimum atomic E-state index is 0.153. The van der Waals surface area contributed by atoms with Crippen molar-refractivity contribution in [2.24, 2.45) is 0 Å². The maximum Gasteiger partial charge on any atom is 0.136 e. The second-order valence-electron chi connectivity index (χ2n) is 2.39. The minimum Gasteiger partial charge on any atom is -0.508 e. The molecule has 0 amide bonds. The van der Waals surface area contributed by atoms with E-state index in [2.05, 4.69) is 0 Å². The number of ether oxygens (including phenoxy) is 1. The van der Waals surface area contributed by atoms with Crippen molar-refractivity contribution in [3.05, 3.63) is 48.0 Å². The van der Waals surface area contributed by atoms with Gasteiger partial charge in [0.2, 0.25) is 0 Å². The summed E-state index contributed by atoms with van der Waals surface area (Å²) in [6.07, 6.45) is 10.9. The Bertz CT molecular complexity index is 286. The summed E-state index contributed by atoms with van der Waals surface area (Å²) >= 11 is 0. The second-order valence-corrected chi connectivity index (χ2v) is 2.39. The van der Waals surface area contributed by atoms with E-state index in [0.29, 0.717) is 5.76 Å². The summed E-state index contributed by atoms with van der Waals surface area (Å²) in [7, 11) is 1.49. The van der Waals surface area contributed by atoms with Crippen molar-refractivity contribution in [3.8, 4) is 0 Å². The molecule has 0 saturated heterocycles. The number of rotatable bonds is 5. The van der Waals surface area contributed by atoms with E-state index in [4.69, 9.17) is 10.1 Å². The van der Waals surface area contributed by atoms with Gasteiger partial charge in [0, 0.05) is 0 Å². The molecule has 0 heterocycles. The average molecular weight is 193 g/mol. The van der Waals surface area contributed by atoms with E-state index in [-0.39, 0.29) is 5.76 Å². The van der Waals surface area contributed by atoms with Crippen LogP contribution in [0.4, 0.5) is 0 Å². The number of methoxy groups -OCH3 is 1. The van der Waals surface area contributed by atoms with E-state index < -0.39 is 0 Å². The van der Waals surface area contributed by atoms with Gasteiger partial charge in [-0.3, -0.25) is 0 Å². The van der Waals surface area contributed by atoms with Gasteiger partial charge in [-0.15, -0.1) is 0 Å². The third-order valence-corrected chi connectivity index (χ3v) is 1.36. The number of hydrogen-bond acceptors (Lipinski definition) is 3. The van der Waals surface area contributed by atoms with Crippen molar-refractivity contribution in [2.45, 2.75) is 6.92 Å². The van der Waals surface area contributed by atoms with Crippen LogP contribution >= 0.6 is 0 Å². The summed E-state index contributed by atoms with van der Waals surface area (Å²) in [6.45, 7) is 1.87. The van der Waals surface area contributed by atoms with E-state index in [9.17, 15) is 5.11 Å². The van der Waals surface area contributed by atoms with Gasteiger partial charge in [0.15, 0.2) is 0 Å². The second kappa shape index (κ2) is 7.86. The quantitative estimate of drug-likeness (QED) is 0.400. The first-order valence-electron chi connectivity index (χ1n) is 4.19. The zero-order valence-electron chi connectivity index (χ0n) is 8.40. The molecule has 0 aromatic carbocycles. The Morgan fingerprint density at radius 1 is 1.29 bits per heavy atom. The van der Waals surface area contributed by atoms with Gasteiger partial charge in [-0.25, -0.2) is 0 Å². The third kappa shape index (κ3) is 5.83.